The van der Waals surface area contributed by atoms with Crippen LogP contribution in [0.4, 0.5) is 5.82 Å². The van der Waals surface area contributed by atoms with E-state index in [1.54, 1.807) is 17.8 Å². The van der Waals surface area contributed by atoms with Crippen molar-refractivity contribution in [2.75, 3.05) is 17.0 Å². The summed E-state index contributed by atoms with van der Waals surface area (Å²) in [6, 6.07) is 2.06. The number of aryl methyl sites for hydroxylation is 2. The van der Waals surface area contributed by atoms with Crippen LogP contribution in [0.2, 0.25) is 0 Å². The van der Waals surface area contributed by atoms with Crippen molar-refractivity contribution in [1.29, 1.82) is 0 Å². The summed E-state index contributed by atoms with van der Waals surface area (Å²) >= 11 is 0. The summed E-state index contributed by atoms with van der Waals surface area (Å²) < 4.78 is 28.2. The monoisotopic (exact) mass is 286 g/mol. The van der Waals surface area contributed by atoms with Crippen molar-refractivity contribution in [1.82, 2.24) is 15.1 Å². The largest absolute Gasteiger partial charge is 0.314 e. The molecule has 1 aromatic heterocycles. The Morgan fingerprint density at radius 2 is 2.32 bits per heavy atom. The lowest BCUT2D eigenvalue weighted by Crippen LogP contribution is -2.36. The lowest BCUT2D eigenvalue weighted by Gasteiger charge is -2.23. The van der Waals surface area contributed by atoms with Crippen LogP contribution in [-0.2, 0) is 17.1 Å². The van der Waals surface area contributed by atoms with Gasteiger partial charge in [0, 0.05) is 19.2 Å². The molecule has 0 radical (unpaired) electrons. The number of sulfonamides is 1. The first kappa shape index (κ1) is 14.3. The number of hydrogen-bond acceptors (Lipinski definition) is 4. The molecule has 2 rings (SSSR count). The van der Waals surface area contributed by atoms with Crippen LogP contribution >= 0.6 is 0 Å². The molecule has 2 N–H and O–H groups in total. The minimum absolute atomic E-state index is 0.148. The molecule has 0 spiro atoms. The van der Waals surface area contributed by atoms with E-state index >= 15 is 0 Å². The van der Waals surface area contributed by atoms with E-state index in [0.29, 0.717) is 18.3 Å². The highest BCUT2D eigenvalue weighted by Crippen LogP contribution is 2.14. The predicted octanol–water partition coefficient (Wildman–Crippen LogP) is 1.00. The fourth-order valence-corrected chi connectivity index (χ4v) is 3.59. The lowest BCUT2D eigenvalue weighted by atomic mass is 10.0. The molecule has 0 amide bonds. The molecule has 108 valence electrons. The molecule has 19 heavy (non-hydrogen) atoms. The molecule has 0 aliphatic carbocycles. The SMILES string of the molecule is Cc1cc(NS(=O)(=O)CCC2CCCCN2)n(C)n1. The fraction of sp³-hybridized carbons (Fsp3) is 0.750. The second-order valence-electron chi connectivity index (χ2n) is 5.15. The number of piperidine rings is 1. The molecule has 0 bridgehead atoms. The van der Waals surface area contributed by atoms with Crippen molar-refractivity contribution in [3.8, 4) is 0 Å². The zero-order valence-electron chi connectivity index (χ0n) is 11.5. The highest BCUT2D eigenvalue weighted by molar-refractivity contribution is 7.92. The van der Waals surface area contributed by atoms with Gasteiger partial charge in [0.1, 0.15) is 5.82 Å². The summed E-state index contributed by atoms with van der Waals surface area (Å²) in [4.78, 5) is 0. The van der Waals surface area contributed by atoms with Crippen LogP contribution < -0.4 is 10.0 Å². The quantitative estimate of drug-likeness (QED) is 0.847. The van der Waals surface area contributed by atoms with Crippen LogP contribution in [0.5, 0.6) is 0 Å². The highest BCUT2D eigenvalue weighted by atomic mass is 32.2. The fourth-order valence-electron chi connectivity index (χ4n) is 2.38. The molecule has 0 saturated carbocycles. The average molecular weight is 286 g/mol. The van der Waals surface area contributed by atoms with Gasteiger partial charge < -0.3 is 5.32 Å². The first-order valence-corrected chi connectivity index (χ1v) is 8.36. The summed E-state index contributed by atoms with van der Waals surface area (Å²) in [5, 5.41) is 7.48. The Morgan fingerprint density at radius 1 is 1.53 bits per heavy atom. The molecule has 1 aliphatic rings. The number of anilines is 1. The van der Waals surface area contributed by atoms with Gasteiger partial charge >= 0.3 is 0 Å². The first-order valence-electron chi connectivity index (χ1n) is 6.71. The molecule has 1 aliphatic heterocycles. The maximum atomic E-state index is 12.0. The molecule has 1 atom stereocenters. The van der Waals surface area contributed by atoms with Crippen LogP contribution in [0.15, 0.2) is 6.07 Å². The minimum Gasteiger partial charge on any atom is -0.314 e. The van der Waals surface area contributed by atoms with Gasteiger partial charge in [0.15, 0.2) is 0 Å². The molecule has 1 fully saturated rings. The van der Waals surface area contributed by atoms with Gasteiger partial charge in [0.2, 0.25) is 10.0 Å². The van der Waals surface area contributed by atoms with Gasteiger partial charge in [0.05, 0.1) is 11.4 Å². The smallest absolute Gasteiger partial charge is 0.233 e. The molecule has 1 saturated heterocycles. The van der Waals surface area contributed by atoms with Gasteiger partial charge in [-0.25, -0.2) is 8.42 Å². The second-order valence-corrected chi connectivity index (χ2v) is 6.99. The third kappa shape index (κ3) is 4.21. The van der Waals surface area contributed by atoms with Crippen molar-refractivity contribution in [2.45, 2.75) is 38.6 Å². The van der Waals surface area contributed by atoms with Gasteiger partial charge in [0.25, 0.3) is 0 Å². The predicted molar refractivity (Wildman–Crippen MR) is 75.6 cm³/mol. The van der Waals surface area contributed by atoms with E-state index in [9.17, 15) is 8.42 Å². The van der Waals surface area contributed by atoms with Crippen molar-refractivity contribution in [3.63, 3.8) is 0 Å². The van der Waals surface area contributed by atoms with Gasteiger partial charge in [-0.05, 0) is 32.7 Å². The van der Waals surface area contributed by atoms with Crippen LogP contribution in [0.3, 0.4) is 0 Å². The molecule has 0 aromatic carbocycles. The third-order valence-electron chi connectivity index (χ3n) is 3.41. The molecule has 1 aromatic rings. The van der Waals surface area contributed by atoms with Gasteiger partial charge in [-0.3, -0.25) is 9.40 Å². The Kier molecular flexibility index (Phi) is 4.46. The normalized spacial score (nSPS) is 20.4. The Morgan fingerprint density at radius 3 is 2.89 bits per heavy atom. The zero-order valence-corrected chi connectivity index (χ0v) is 12.3. The van der Waals surface area contributed by atoms with E-state index in [4.69, 9.17) is 0 Å². The van der Waals surface area contributed by atoms with Crippen molar-refractivity contribution in [2.24, 2.45) is 7.05 Å². The van der Waals surface area contributed by atoms with E-state index in [0.717, 1.165) is 18.7 Å². The Balaban J connectivity index is 1.89. The summed E-state index contributed by atoms with van der Waals surface area (Å²) in [5.74, 6) is 0.670. The topological polar surface area (TPSA) is 76.0 Å². The van der Waals surface area contributed by atoms with E-state index in [-0.39, 0.29) is 5.75 Å². The summed E-state index contributed by atoms with van der Waals surface area (Å²) in [6.07, 6.45) is 4.11. The molecule has 6 nitrogen and oxygen atoms in total. The van der Waals surface area contributed by atoms with Gasteiger partial charge in [-0.15, -0.1) is 0 Å². The van der Waals surface area contributed by atoms with Gasteiger partial charge in [-0.2, -0.15) is 5.10 Å². The molecule has 1 unspecified atom stereocenters. The van der Waals surface area contributed by atoms with Crippen molar-refractivity contribution >= 4 is 15.8 Å². The minimum atomic E-state index is -3.29. The van der Waals surface area contributed by atoms with E-state index in [2.05, 4.69) is 15.1 Å². The Hall–Kier alpha value is -1.08. The molecule has 7 heteroatoms. The second kappa shape index (κ2) is 5.92. The van der Waals surface area contributed by atoms with E-state index < -0.39 is 10.0 Å². The van der Waals surface area contributed by atoms with Crippen molar-refractivity contribution < 1.29 is 8.42 Å². The molecular formula is C12H22N4O2S. The van der Waals surface area contributed by atoms with Crippen LogP contribution in [0, 0.1) is 6.92 Å². The van der Waals surface area contributed by atoms with Crippen LogP contribution in [0.25, 0.3) is 0 Å². The summed E-state index contributed by atoms with van der Waals surface area (Å²) in [6.45, 7) is 2.84. The number of aromatic nitrogens is 2. The lowest BCUT2D eigenvalue weighted by molar-refractivity contribution is 0.393. The molecule has 2 heterocycles. The van der Waals surface area contributed by atoms with E-state index in [1.165, 1.54) is 12.8 Å². The first-order chi connectivity index (χ1) is 8.96. The number of hydrogen-bond donors (Lipinski definition) is 2. The Bertz CT molecular complexity index is 518. The third-order valence-corrected chi connectivity index (χ3v) is 4.70. The van der Waals surface area contributed by atoms with Crippen molar-refractivity contribution in [3.05, 3.63) is 11.8 Å². The van der Waals surface area contributed by atoms with Gasteiger partial charge in [-0.1, -0.05) is 6.42 Å². The van der Waals surface area contributed by atoms with Crippen LogP contribution in [-0.4, -0.2) is 36.5 Å². The zero-order chi connectivity index (χ0) is 13.9. The highest BCUT2D eigenvalue weighted by Gasteiger charge is 2.18. The molecular weight excluding hydrogens is 264 g/mol. The maximum absolute atomic E-state index is 12.0. The standard InChI is InChI=1S/C12H22N4O2S/c1-10-9-12(16(2)14-10)15-19(17,18)8-6-11-5-3-4-7-13-11/h9,11,13,15H,3-8H2,1-2H3. The number of nitrogens with one attached hydrogen (secondary N) is 2. The average Bonchev–Trinajstić information content (AvgIpc) is 2.66. The van der Waals surface area contributed by atoms with Crippen LogP contribution in [0.1, 0.15) is 31.4 Å². The Labute approximate surface area is 114 Å². The summed E-state index contributed by atoms with van der Waals surface area (Å²) in [7, 11) is -1.56. The maximum Gasteiger partial charge on any atom is 0.233 e. The number of nitrogens with zero attached hydrogens (tertiary/aromatic N) is 2. The van der Waals surface area contributed by atoms with E-state index in [1.807, 2.05) is 6.92 Å². The number of rotatable bonds is 5. The summed E-state index contributed by atoms with van der Waals surface area (Å²) in [5.41, 5.74) is 0.800.